The Morgan fingerprint density at radius 1 is 0.397 bits per heavy atom. The van der Waals surface area contributed by atoms with Crippen molar-refractivity contribution in [3.63, 3.8) is 0 Å². The van der Waals surface area contributed by atoms with E-state index in [0.717, 1.165) is 50.3 Å². The van der Waals surface area contributed by atoms with Crippen molar-refractivity contribution in [1.29, 1.82) is 0 Å². The van der Waals surface area contributed by atoms with Gasteiger partial charge in [0.15, 0.2) is 0 Å². The Balaban J connectivity index is 0.926. The number of furan rings is 1. The highest BCUT2D eigenvalue weighted by atomic mass is 16.3. The van der Waals surface area contributed by atoms with Crippen molar-refractivity contribution in [3.8, 4) is 44.5 Å². The van der Waals surface area contributed by atoms with Crippen LogP contribution in [0.15, 0.2) is 259 Å². The van der Waals surface area contributed by atoms with Crippen molar-refractivity contribution in [2.45, 2.75) is 24.7 Å². The molecule has 3 nitrogen and oxygen atoms in total. The number of fused-ring (bicyclic) bond motifs is 11. The highest BCUT2D eigenvalue weighted by molar-refractivity contribution is 6.13. The molecule has 0 radical (unpaired) electrons. The van der Waals surface area contributed by atoms with Crippen LogP contribution in [0, 0.1) is 0 Å². The molecule has 1 aromatic heterocycles. The second-order valence-electron chi connectivity index (χ2n) is 20.3. The van der Waals surface area contributed by atoms with Gasteiger partial charge in [-0.2, -0.15) is 0 Å². The molecular formula is C70H48N2O. The van der Waals surface area contributed by atoms with Crippen LogP contribution in [0.5, 0.6) is 0 Å². The molecule has 0 fully saturated rings. The van der Waals surface area contributed by atoms with E-state index in [9.17, 15) is 0 Å². The molecule has 0 saturated heterocycles. The monoisotopic (exact) mass is 932 g/mol. The van der Waals surface area contributed by atoms with Crippen molar-refractivity contribution in [2.75, 3.05) is 9.80 Å². The van der Waals surface area contributed by atoms with Crippen molar-refractivity contribution < 1.29 is 4.42 Å². The lowest BCUT2D eigenvalue weighted by molar-refractivity contribution is 0.660. The molecule has 2 aliphatic carbocycles. The number of rotatable bonds is 7. The van der Waals surface area contributed by atoms with E-state index in [-0.39, 0.29) is 5.41 Å². The van der Waals surface area contributed by atoms with Gasteiger partial charge in [0.2, 0.25) is 0 Å². The van der Waals surface area contributed by atoms with E-state index in [2.05, 4.69) is 272 Å². The number of anilines is 6. The van der Waals surface area contributed by atoms with Gasteiger partial charge in [0, 0.05) is 39.0 Å². The maximum absolute atomic E-state index is 6.52. The first kappa shape index (κ1) is 41.6. The van der Waals surface area contributed by atoms with E-state index in [4.69, 9.17) is 4.42 Å². The smallest absolute Gasteiger partial charge is 0.137 e. The molecule has 344 valence electrons. The summed E-state index contributed by atoms with van der Waals surface area (Å²) in [5.41, 5.74) is 25.5. The van der Waals surface area contributed by atoms with Gasteiger partial charge in [0.05, 0.1) is 27.9 Å². The fraction of sp³-hybridized carbons (Fsp3) is 0.0571. The predicted octanol–water partition coefficient (Wildman–Crippen LogP) is 18.8. The van der Waals surface area contributed by atoms with Gasteiger partial charge >= 0.3 is 0 Å². The third-order valence-electron chi connectivity index (χ3n) is 16.3. The van der Waals surface area contributed by atoms with Crippen LogP contribution in [0.4, 0.5) is 34.1 Å². The fourth-order valence-electron chi connectivity index (χ4n) is 13.1. The van der Waals surface area contributed by atoms with Crippen molar-refractivity contribution >= 4 is 56.1 Å². The van der Waals surface area contributed by atoms with E-state index < -0.39 is 5.41 Å². The quantitative estimate of drug-likeness (QED) is 0.159. The molecule has 1 aliphatic heterocycles. The molecule has 1 atom stereocenters. The minimum absolute atomic E-state index is 0.154. The Labute approximate surface area is 425 Å². The first-order valence-corrected chi connectivity index (χ1v) is 25.4. The molecule has 0 amide bonds. The van der Waals surface area contributed by atoms with E-state index in [1.54, 1.807) is 0 Å². The largest absolute Gasteiger partial charge is 0.456 e. The highest BCUT2D eigenvalue weighted by Gasteiger charge is 2.53. The number of benzene rings is 11. The van der Waals surface area contributed by atoms with Gasteiger partial charge in [0.1, 0.15) is 11.2 Å². The molecule has 0 saturated carbocycles. The second kappa shape index (κ2) is 15.7. The standard InChI is InChI=1S/C70H48N2O/c1-69(2)58-27-14-12-25-53(58)54-40-38-51(44-60(54)69)71(63-30-18-32-65-66(63)57-26-13-17-31-64(57)73-65)50-36-33-45(34-37-50)47-35-39-55-56-42-41-52(46-19-6-3-7-20-46)68-67(56)70(61(55)43-47,48-21-8-4-9-22-48)59-28-15-16-29-62(59)72(68)49-23-10-5-11-24-49/h3-44H,1-2H3. The Morgan fingerprint density at radius 3 is 1.82 bits per heavy atom. The lowest BCUT2D eigenvalue weighted by atomic mass is 9.64. The minimum atomic E-state index is -0.603. The van der Waals surface area contributed by atoms with Crippen LogP contribution >= 0.6 is 0 Å². The Bertz CT molecular complexity index is 4170. The normalized spacial score (nSPS) is 15.4. The molecule has 0 N–H and O–H groups in total. The van der Waals surface area contributed by atoms with Crippen LogP contribution in [0.25, 0.3) is 66.4 Å². The van der Waals surface area contributed by atoms with Gasteiger partial charge in [0.25, 0.3) is 0 Å². The summed E-state index contributed by atoms with van der Waals surface area (Å²) in [4.78, 5) is 4.95. The number of nitrogens with zero attached hydrogens (tertiary/aromatic N) is 2. The topological polar surface area (TPSA) is 19.6 Å². The first-order valence-electron chi connectivity index (χ1n) is 25.4. The molecule has 15 rings (SSSR count). The summed E-state index contributed by atoms with van der Waals surface area (Å²) in [5, 5.41) is 2.20. The zero-order valence-electron chi connectivity index (χ0n) is 40.6. The Hall–Kier alpha value is -9.18. The molecule has 11 aromatic carbocycles. The average molecular weight is 933 g/mol. The fourth-order valence-corrected chi connectivity index (χ4v) is 13.1. The van der Waals surface area contributed by atoms with Crippen LogP contribution < -0.4 is 9.80 Å². The molecule has 0 bridgehead atoms. The number of para-hydroxylation sites is 3. The Kier molecular flexibility index (Phi) is 8.92. The van der Waals surface area contributed by atoms with E-state index in [1.165, 1.54) is 83.7 Å². The average Bonchev–Trinajstić information content (AvgIpc) is 4.06. The van der Waals surface area contributed by atoms with Crippen LogP contribution in [-0.4, -0.2) is 0 Å². The first-order chi connectivity index (χ1) is 36.0. The molecule has 73 heavy (non-hydrogen) atoms. The molecule has 12 aromatic rings. The summed E-state index contributed by atoms with van der Waals surface area (Å²) in [6.07, 6.45) is 0. The summed E-state index contributed by atoms with van der Waals surface area (Å²) in [7, 11) is 0. The molecule has 3 aliphatic rings. The van der Waals surface area contributed by atoms with Crippen LogP contribution in [-0.2, 0) is 10.8 Å². The zero-order chi connectivity index (χ0) is 48.4. The molecular weight excluding hydrogens is 885 g/mol. The number of hydrogen-bond acceptors (Lipinski definition) is 3. The molecule has 1 unspecified atom stereocenters. The van der Waals surface area contributed by atoms with E-state index in [0.29, 0.717) is 0 Å². The van der Waals surface area contributed by atoms with Gasteiger partial charge in [-0.05, 0) is 133 Å². The lowest BCUT2D eigenvalue weighted by Gasteiger charge is -2.45. The summed E-state index contributed by atoms with van der Waals surface area (Å²) >= 11 is 0. The maximum atomic E-state index is 6.52. The Morgan fingerprint density at radius 2 is 1.00 bits per heavy atom. The minimum Gasteiger partial charge on any atom is -0.456 e. The molecule has 3 heteroatoms. The maximum Gasteiger partial charge on any atom is 0.137 e. The predicted molar refractivity (Wildman–Crippen MR) is 302 cm³/mol. The van der Waals surface area contributed by atoms with Crippen molar-refractivity contribution in [2.24, 2.45) is 0 Å². The van der Waals surface area contributed by atoms with Gasteiger partial charge in [-0.3, -0.25) is 0 Å². The SMILES string of the molecule is CC1(C)c2ccccc2-c2ccc(N(c3ccc(-c4ccc5c(c4)C4(c6ccccc6)c6ccccc6N(c6ccccc6)c6c(-c7ccccc7)ccc-5c64)cc3)c3cccc4oc5ccccc5c34)cc21. The highest BCUT2D eigenvalue weighted by Crippen LogP contribution is 2.67. The van der Waals surface area contributed by atoms with Crippen molar-refractivity contribution in [3.05, 3.63) is 288 Å². The second-order valence-corrected chi connectivity index (χ2v) is 20.3. The zero-order valence-corrected chi connectivity index (χ0v) is 40.6. The third-order valence-corrected chi connectivity index (χ3v) is 16.3. The molecule has 2 heterocycles. The van der Waals surface area contributed by atoms with Gasteiger partial charge in [-0.15, -0.1) is 0 Å². The van der Waals surface area contributed by atoms with Crippen LogP contribution in [0.2, 0.25) is 0 Å². The summed E-state index contributed by atoms with van der Waals surface area (Å²) < 4.78 is 6.52. The third kappa shape index (κ3) is 5.88. The van der Waals surface area contributed by atoms with Gasteiger partial charge < -0.3 is 14.2 Å². The summed E-state index contributed by atoms with van der Waals surface area (Å²) in [5.74, 6) is 0. The number of hydrogen-bond donors (Lipinski definition) is 0. The molecule has 0 spiro atoms. The lowest BCUT2D eigenvalue weighted by Crippen LogP contribution is -2.36. The van der Waals surface area contributed by atoms with Gasteiger partial charge in [-0.25, -0.2) is 0 Å². The van der Waals surface area contributed by atoms with Crippen LogP contribution in [0.1, 0.15) is 47.2 Å². The van der Waals surface area contributed by atoms with Gasteiger partial charge in [-0.1, -0.05) is 202 Å². The summed E-state index contributed by atoms with van der Waals surface area (Å²) in [6.45, 7) is 4.71. The van der Waals surface area contributed by atoms with E-state index in [1.807, 2.05) is 6.07 Å². The summed E-state index contributed by atoms with van der Waals surface area (Å²) in [6, 6.07) is 94.1. The van der Waals surface area contributed by atoms with Crippen molar-refractivity contribution in [1.82, 2.24) is 0 Å². The van der Waals surface area contributed by atoms with Crippen LogP contribution in [0.3, 0.4) is 0 Å². The van der Waals surface area contributed by atoms with E-state index >= 15 is 0 Å².